The van der Waals surface area contributed by atoms with Gasteiger partial charge in [-0.3, -0.25) is 0 Å². The molecule has 0 aromatic carbocycles. The predicted molar refractivity (Wildman–Crippen MR) is 60.1 cm³/mol. The minimum Gasteiger partial charge on any atom is -0.303 e. The Hall–Kier alpha value is -0.590. The lowest BCUT2D eigenvalue weighted by Gasteiger charge is -2.13. The third-order valence-electron chi connectivity index (χ3n) is 2.91. The highest BCUT2D eigenvalue weighted by molar-refractivity contribution is 5.53. The first-order chi connectivity index (χ1) is 6.61. The van der Waals surface area contributed by atoms with Gasteiger partial charge in [0.25, 0.3) is 0 Å². The number of hydrogen-bond acceptors (Lipinski definition) is 1. The van der Waals surface area contributed by atoms with E-state index in [1.165, 1.54) is 24.8 Å². The van der Waals surface area contributed by atoms with Crippen LogP contribution in [0.3, 0.4) is 0 Å². The van der Waals surface area contributed by atoms with E-state index in [1.807, 2.05) is 6.92 Å². The third-order valence-corrected chi connectivity index (χ3v) is 2.91. The Morgan fingerprint density at radius 3 is 2.79 bits per heavy atom. The molecule has 2 atom stereocenters. The fraction of sp³-hybridized carbons (Fsp3) is 0.769. The molecule has 1 aliphatic rings. The van der Waals surface area contributed by atoms with E-state index in [9.17, 15) is 4.79 Å². The molecule has 0 fully saturated rings. The monoisotopic (exact) mass is 194 g/mol. The van der Waals surface area contributed by atoms with Crippen LogP contribution in [-0.2, 0) is 4.79 Å². The van der Waals surface area contributed by atoms with Crippen molar-refractivity contribution in [2.75, 3.05) is 0 Å². The Morgan fingerprint density at radius 2 is 2.21 bits per heavy atom. The second kappa shape index (κ2) is 5.33. The molecule has 1 rings (SSSR count). The fourth-order valence-corrected chi connectivity index (χ4v) is 2.35. The summed E-state index contributed by atoms with van der Waals surface area (Å²) in [6.07, 6.45) is 8.20. The first-order valence-electron chi connectivity index (χ1n) is 5.75. The van der Waals surface area contributed by atoms with Crippen molar-refractivity contribution < 1.29 is 4.79 Å². The van der Waals surface area contributed by atoms with Crippen molar-refractivity contribution >= 4 is 6.29 Å². The van der Waals surface area contributed by atoms with Gasteiger partial charge in [0, 0.05) is 5.92 Å². The second-order valence-corrected chi connectivity index (χ2v) is 5.12. The van der Waals surface area contributed by atoms with Crippen molar-refractivity contribution in [2.45, 2.75) is 46.5 Å². The quantitative estimate of drug-likeness (QED) is 0.483. The van der Waals surface area contributed by atoms with Crippen LogP contribution < -0.4 is 0 Å². The van der Waals surface area contributed by atoms with E-state index in [4.69, 9.17) is 0 Å². The van der Waals surface area contributed by atoms with E-state index in [0.717, 1.165) is 24.5 Å². The Labute approximate surface area is 87.6 Å². The van der Waals surface area contributed by atoms with Crippen molar-refractivity contribution in [1.82, 2.24) is 0 Å². The Balaban J connectivity index is 2.29. The van der Waals surface area contributed by atoms with E-state index < -0.39 is 0 Å². The molecule has 0 aromatic heterocycles. The van der Waals surface area contributed by atoms with Crippen LogP contribution in [0, 0.1) is 17.8 Å². The molecule has 0 heterocycles. The van der Waals surface area contributed by atoms with Gasteiger partial charge < -0.3 is 4.79 Å². The summed E-state index contributed by atoms with van der Waals surface area (Å²) >= 11 is 0. The van der Waals surface area contributed by atoms with Crippen LogP contribution in [0.2, 0.25) is 0 Å². The smallest absolute Gasteiger partial charge is 0.123 e. The average Bonchev–Trinajstić information content (AvgIpc) is 2.51. The second-order valence-electron chi connectivity index (χ2n) is 5.12. The zero-order valence-electron chi connectivity index (χ0n) is 9.62. The molecule has 0 bridgehead atoms. The van der Waals surface area contributed by atoms with Gasteiger partial charge >= 0.3 is 0 Å². The highest BCUT2D eigenvalue weighted by Gasteiger charge is 2.18. The predicted octanol–water partition coefficient (Wildman–Crippen LogP) is 3.59. The number of carbonyl (C=O) groups excluding carboxylic acids is 1. The molecule has 0 amide bonds. The van der Waals surface area contributed by atoms with E-state index >= 15 is 0 Å². The van der Waals surface area contributed by atoms with Crippen LogP contribution in [0.5, 0.6) is 0 Å². The number of allylic oxidation sites excluding steroid dienone is 2. The Morgan fingerprint density at radius 1 is 1.50 bits per heavy atom. The molecular formula is C13H22O. The van der Waals surface area contributed by atoms with Gasteiger partial charge in [-0.1, -0.05) is 32.4 Å². The lowest BCUT2D eigenvalue weighted by molar-refractivity contribution is -0.110. The standard InChI is InChI=1S/C13H22O/c1-10(2)6-12-4-5-13(8-12)7-11(3)9-14/h5,9-12H,4,6-8H2,1-3H3. The van der Waals surface area contributed by atoms with Gasteiger partial charge in [-0.25, -0.2) is 0 Å². The maximum Gasteiger partial charge on any atom is 0.123 e. The molecular weight excluding hydrogens is 172 g/mol. The van der Waals surface area contributed by atoms with E-state index in [-0.39, 0.29) is 5.92 Å². The number of aldehydes is 1. The summed E-state index contributed by atoms with van der Waals surface area (Å²) in [5.74, 6) is 1.86. The minimum absolute atomic E-state index is 0.207. The SMILES string of the molecule is CC(C)CC1CC=C(CC(C)C=O)C1. The molecule has 1 nitrogen and oxygen atoms in total. The largest absolute Gasteiger partial charge is 0.303 e. The van der Waals surface area contributed by atoms with Crippen LogP contribution in [-0.4, -0.2) is 6.29 Å². The summed E-state index contributed by atoms with van der Waals surface area (Å²) in [6.45, 7) is 6.57. The Kier molecular flexibility index (Phi) is 4.37. The van der Waals surface area contributed by atoms with Crippen LogP contribution in [0.1, 0.15) is 46.5 Å². The Bertz CT molecular complexity index is 215. The number of hydrogen-bond donors (Lipinski definition) is 0. The van der Waals surface area contributed by atoms with Crippen molar-refractivity contribution in [2.24, 2.45) is 17.8 Å². The lowest BCUT2D eigenvalue weighted by Crippen LogP contribution is -2.02. The normalized spacial score (nSPS) is 23.7. The fourth-order valence-electron chi connectivity index (χ4n) is 2.35. The minimum atomic E-state index is 0.207. The van der Waals surface area contributed by atoms with Crippen LogP contribution in [0.15, 0.2) is 11.6 Å². The molecule has 14 heavy (non-hydrogen) atoms. The molecule has 0 N–H and O–H groups in total. The van der Waals surface area contributed by atoms with Crippen molar-refractivity contribution in [3.8, 4) is 0 Å². The van der Waals surface area contributed by atoms with Crippen molar-refractivity contribution in [3.63, 3.8) is 0 Å². The lowest BCUT2D eigenvalue weighted by atomic mass is 9.92. The van der Waals surface area contributed by atoms with Crippen molar-refractivity contribution in [1.29, 1.82) is 0 Å². The first-order valence-corrected chi connectivity index (χ1v) is 5.75. The van der Waals surface area contributed by atoms with Gasteiger partial charge in [0.05, 0.1) is 0 Å². The van der Waals surface area contributed by atoms with Gasteiger partial charge in [0.1, 0.15) is 6.29 Å². The summed E-state index contributed by atoms with van der Waals surface area (Å²) in [4.78, 5) is 10.5. The highest BCUT2D eigenvalue weighted by Crippen LogP contribution is 2.32. The van der Waals surface area contributed by atoms with Gasteiger partial charge in [-0.2, -0.15) is 0 Å². The molecule has 1 heteroatoms. The molecule has 0 saturated carbocycles. The third kappa shape index (κ3) is 3.65. The summed E-state index contributed by atoms with van der Waals surface area (Å²) in [5, 5.41) is 0. The van der Waals surface area contributed by atoms with Gasteiger partial charge in [0.15, 0.2) is 0 Å². The van der Waals surface area contributed by atoms with Gasteiger partial charge in [-0.15, -0.1) is 0 Å². The maximum absolute atomic E-state index is 10.5. The van der Waals surface area contributed by atoms with Crippen LogP contribution >= 0.6 is 0 Å². The van der Waals surface area contributed by atoms with Gasteiger partial charge in [0.2, 0.25) is 0 Å². The molecule has 0 spiro atoms. The maximum atomic E-state index is 10.5. The zero-order valence-corrected chi connectivity index (χ0v) is 9.62. The van der Waals surface area contributed by atoms with Crippen molar-refractivity contribution in [3.05, 3.63) is 11.6 Å². The summed E-state index contributed by atoms with van der Waals surface area (Å²) in [7, 11) is 0. The van der Waals surface area contributed by atoms with Crippen LogP contribution in [0.4, 0.5) is 0 Å². The summed E-state index contributed by atoms with van der Waals surface area (Å²) in [6, 6.07) is 0. The zero-order chi connectivity index (χ0) is 10.6. The van der Waals surface area contributed by atoms with Gasteiger partial charge in [-0.05, 0) is 37.5 Å². The molecule has 0 radical (unpaired) electrons. The topological polar surface area (TPSA) is 17.1 Å². The first kappa shape index (κ1) is 11.5. The summed E-state index contributed by atoms with van der Waals surface area (Å²) in [5.41, 5.74) is 1.51. The highest BCUT2D eigenvalue weighted by atomic mass is 16.1. The molecule has 1 aliphatic carbocycles. The molecule has 0 aromatic rings. The van der Waals surface area contributed by atoms with E-state index in [1.54, 1.807) is 0 Å². The number of rotatable bonds is 5. The molecule has 0 aliphatic heterocycles. The molecule has 80 valence electrons. The summed E-state index contributed by atoms with van der Waals surface area (Å²) < 4.78 is 0. The number of carbonyl (C=O) groups is 1. The molecule has 2 unspecified atom stereocenters. The van der Waals surface area contributed by atoms with Crippen LogP contribution in [0.25, 0.3) is 0 Å². The van der Waals surface area contributed by atoms with E-state index in [0.29, 0.717) is 0 Å². The average molecular weight is 194 g/mol. The van der Waals surface area contributed by atoms with E-state index in [2.05, 4.69) is 19.9 Å². The molecule has 0 saturated heterocycles.